The van der Waals surface area contributed by atoms with Gasteiger partial charge in [-0.1, -0.05) is 66.4 Å². The molecule has 0 spiro atoms. The number of methoxy groups -OCH3 is 1. The topological polar surface area (TPSA) is 38.8 Å². The van der Waals surface area contributed by atoms with E-state index in [1.165, 1.54) is 17.1 Å². The van der Waals surface area contributed by atoms with Crippen molar-refractivity contribution in [2.75, 3.05) is 13.7 Å². The fourth-order valence-corrected chi connectivity index (χ4v) is 5.41. The van der Waals surface area contributed by atoms with Gasteiger partial charge in [-0.05, 0) is 63.0 Å². The Hall–Kier alpha value is -2.35. The van der Waals surface area contributed by atoms with Crippen LogP contribution in [0, 0.1) is 0 Å². The monoisotopic (exact) mass is 513 g/mol. The lowest BCUT2D eigenvalue weighted by molar-refractivity contribution is -0.121. The van der Waals surface area contributed by atoms with Gasteiger partial charge in [0.2, 0.25) is 0 Å². The Balaban J connectivity index is 1.61. The van der Waals surface area contributed by atoms with Crippen LogP contribution in [0.25, 0.3) is 16.8 Å². The smallest absolute Gasteiger partial charge is 0.266 e. The number of thioether (sulfide) groups is 1. The maximum Gasteiger partial charge on any atom is 0.266 e. The highest BCUT2D eigenvalue weighted by molar-refractivity contribution is 9.10. The number of fused-ring (bicyclic) bond motifs is 1. The minimum Gasteiger partial charge on any atom is -0.493 e. The van der Waals surface area contributed by atoms with Crippen molar-refractivity contribution in [3.63, 3.8) is 0 Å². The zero-order valence-electron chi connectivity index (χ0n) is 17.1. The fraction of sp³-hybridized carbons (Fsp3) is 0.167. The summed E-state index contributed by atoms with van der Waals surface area (Å²) < 4.78 is 13.1. The zero-order chi connectivity index (χ0) is 22.0. The number of hydrogen-bond acceptors (Lipinski definition) is 5. The predicted molar refractivity (Wildman–Crippen MR) is 135 cm³/mol. The molecule has 1 saturated heterocycles. The van der Waals surface area contributed by atoms with Crippen molar-refractivity contribution >= 4 is 67.0 Å². The molecule has 0 saturated carbocycles. The summed E-state index contributed by atoms with van der Waals surface area (Å²) in [5, 5.41) is 2.34. The van der Waals surface area contributed by atoms with E-state index in [1.54, 1.807) is 12.0 Å². The first kappa shape index (κ1) is 21.9. The maximum atomic E-state index is 12.5. The van der Waals surface area contributed by atoms with Crippen molar-refractivity contribution in [3.8, 4) is 11.5 Å². The summed E-state index contributed by atoms with van der Waals surface area (Å²) in [5.41, 5.74) is 1.93. The van der Waals surface area contributed by atoms with Crippen molar-refractivity contribution in [2.45, 2.75) is 13.5 Å². The second-order valence-corrected chi connectivity index (χ2v) is 9.42. The summed E-state index contributed by atoms with van der Waals surface area (Å²) in [4.78, 5) is 14.7. The Bertz CT molecular complexity index is 1200. The lowest BCUT2D eigenvalue weighted by atomic mass is 10.1. The number of carbonyl (C=O) groups is 1. The van der Waals surface area contributed by atoms with Gasteiger partial charge in [-0.3, -0.25) is 9.69 Å². The Labute approximate surface area is 199 Å². The quantitative estimate of drug-likeness (QED) is 0.281. The molecule has 0 unspecified atom stereocenters. The summed E-state index contributed by atoms with van der Waals surface area (Å²) in [6, 6.07) is 18.2. The number of benzene rings is 3. The van der Waals surface area contributed by atoms with Crippen LogP contribution in [0.15, 0.2) is 64.0 Å². The maximum absolute atomic E-state index is 12.5. The van der Waals surface area contributed by atoms with Crippen LogP contribution in [0.5, 0.6) is 11.5 Å². The number of carbonyl (C=O) groups excluding carboxylic acids is 1. The molecule has 0 radical (unpaired) electrons. The first-order valence-corrected chi connectivity index (χ1v) is 11.8. The van der Waals surface area contributed by atoms with Crippen LogP contribution in [-0.2, 0) is 11.4 Å². The van der Waals surface area contributed by atoms with Gasteiger partial charge in [0.15, 0.2) is 11.5 Å². The van der Waals surface area contributed by atoms with E-state index in [-0.39, 0.29) is 5.91 Å². The van der Waals surface area contributed by atoms with Crippen LogP contribution in [0.2, 0.25) is 0 Å². The summed E-state index contributed by atoms with van der Waals surface area (Å²) in [6.07, 6.45) is 1.83. The molecule has 1 amide bonds. The zero-order valence-corrected chi connectivity index (χ0v) is 20.3. The molecule has 0 N–H and O–H groups in total. The summed E-state index contributed by atoms with van der Waals surface area (Å²) in [6.45, 7) is 2.89. The molecule has 7 heteroatoms. The molecule has 1 aliphatic rings. The molecule has 158 valence electrons. The number of rotatable bonds is 6. The van der Waals surface area contributed by atoms with Crippen molar-refractivity contribution < 1.29 is 14.3 Å². The molecule has 0 bridgehead atoms. The molecule has 31 heavy (non-hydrogen) atoms. The van der Waals surface area contributed by atoms with Crippen LogP contribution >= 0.6 is 39.9 Å². The van der Waals surface area contributed by atoms with Gasteiger partial charge in [0.05, 0.1) is 16.5 Å². The standard InChI is InChI=1S/C24H20BrNO3S2/c1-3-26-23(27)21(31-24(26)30)13-15-11-19(25)22(20(12-15)28-2)29-14-17-9-6-8-16-7-4-5-10-18(16)17/h4-13H,3,14H2,1-2H3. The summed E-state index contributed by atoms with van der Waals surface area (Å²) >= 11 is 10.2. The highest BCUT2D eigenvalue weighted by atomic mass is 79.9. The first-order chi connectivity index (χ1) is 15.0. The molecule has 0 atom stereocenters. The van der Waals surface area contributed by atoms with Crippen molar-refractivity contribution in [2.24, 2.45) is 0 Å². The minimum atomic E-state index is -0.0659. The summed E-state index contributed by atoms with van der Waals surface area (Å²) in [7, 11) is 1.60. The highest BCUT2D eigenvalue weighted by Gasteiger charge is 2.30. The van der Waals surface area contributed by atoms with Gasteiger partial charge in [-0.2, -0.15) is 0 Å². The normalized spacial score (nSPS) is 15.2. The van der Waals surface area contributed by atoms with E-state index in [1.807, 2.05) is 43.3 Å². The third-order valence-corrected chi connectivity index (χ3v) is 6.96. The average Bonchev–Trinajstić information content (AvgIpc) is 3.04. The van der Waals surface area contributed by atoms with Crippen LogP contribution in [-0.4, -0.2) is 28.8 Å². The van der Waals surface area contributed by atoms with Gasteiger partial charge in [0.1, 0.15) is 10.9 Å². The van der Waals surface area contributed by atoms with Gasteiger partial charge in [-0.25, -0.2) is 0 Å². The largest absolute Gasteiger partial charge is 0.493 e. The van der Waals surface area contributed by atoms with E-state index < -0.39 is 0 Å². The first-order valence-electron chi connectivity index (χ1n) is 9.74. The van der Waals surface area contributed by atoms with Gasteiger partial charge < -0.3 is 9.47 Å². The molecule has 1 heterocycles. The van der Waals surface area contributed by atoms with Gasteiger partial charge >= 0.3 is 0 Å². The van der Waals surface area contributed by atoms with E-state index in [0.717, 1.165) is 21.0 Å². The number of likely N-dealkylation sites (N-methyl/N-ethyl adjacent to an activating group) is 1. The fourth-order valence-electron chi connectivity index (χ4n) is 3.46. The number of thiocarbonyl (C=S) groups is 1. The van der Waals surface area contributed by atoms with Crippen molar-refractivity contribution in [1.82, 2.24) is 4.90 Å². The van der Waals surface area contributed by atoms with E-state index in [4.69, 9.17) is 21.7 Å². The molecular formula is C24H20BrNO3S2. The lowest BCUT2D eigenvalue weighted by Gasteiger charge is -2.15. The summed E-state index contributed by atoms with van der Waals surface area (Å²) in [5.74, 6) is 1.14. The Morgan fingerprint density at radius 1 is 1.16 bits per heavy atom. The molecule has 1 aliphatic heterocycles. The number of hydrogen-bond donors (Lipinski definition) is 0. The van der Waals surface area contributed by atoms with Crippen LogP contribution in [0.1, 0.15) is 18.1 Å². The van der Waals surface area contributed by atoms with E-state index in [9.17, 15) is 4.79 Å². The highest BCUT2D eigenvalue weighted by Crippen LogP contribution is 2.39. The number of amides is 1. The SMILES string of the molecule is CCN1C(=O)C(=Cc2cc(Br)c(OCc3cccc4ccccc34)c(OC)c2)SC1=S. The molecule has 3 aromatic rings. The molecule has 0 aliphatic carbocycles. The van der Waals surface area contributed by atoms with Crippen LogP contribution in [0.3, 0.4) is 0 Å². The van der Waals surface area contributed by atoms with Crippen molar-refractivity contribution in [3.05, 3.63) is 75.1 Å². The number of ether oxygens (including phenoxy) is 2. The van der Waals surface area contributed by atoms with E-state index in [2.05, 4.69) is 40.2 Å². The lowest BCUT2D eigenvalue weighted by Crippen LogP contribution is -2.27. The average molecular weight is 514 g/mol. The van der Waals surface area contributed by atoms with Gasteiger partial charge in [0, 0.05) is 6.54 Å². The molecule has 1 fully saturated rings. The van der Waals surface area contributed by atoms with Crippen molar-refractivity contribution in [1.29, 1.82) is 0 Å². The van der Waals surface area contributed by atoms with Gasteiger partial charge in [-0.15, -0.1) is 0 Å². The molecule has 0 aromatic heterocycles. The third-order valence-electron chi connectivity index (χ3n) is 4.99. The Morgan fingerprint density at radius 3 is 2.68 bits per heavy atom. The Kier molecular flexibility index (Phi) is 6.65. The van der Waals surface area contributed by atoms with E-state index in [0.29, 0.717) is 33.9 Å². The molecule has 3 aromatic carbocycles. The molecular weight excluding hydrogens is 494 g/mol. The molecule has 4 nitrogen and oxygen atoms in total. The van der Waals surface area contributed by atoms with Gasteiger partial charge in [0.25, 0.3) is 5.91 Å². The predicted octanol–water partition coefficient (Wildman–Crippen LogP) is 6.41. The minimum absolute atomic E-state index is 0.0659. The second-order valence-electron chi connectivity index (χ2n) is 6.89. The van der Waals surface area contributed by atoms with E-state index >= 15 is 0 Å². The van der Waals surface area contributed by atoms with Crippen LogP contribution in [0.4, 0.5) is 0 Å². The molecule has 4 rings (SSSR count). The second kappa shape index (κ2) is 9.42. The van der Waals surface area contributed by atoms with Crippen LogP contribution < -0.4 is 9.47 Å². The number of nitrogens with zero attached hydrogens (tertiary/aromatic N) is 1. The number of halogens is 1. The third kappa shape index (κ3) is 4.49. The Morgan fingerprint density at radius 2 is 1.94 bits per heavy atom.